The van der Waals surface area contributed by atoms with E-state index in [1.807, 2.05) is 26.0 Å². The Kier molecular flexibility index (Phi) is 12.4. The first-order valence-corrected chi connectivity index (χ1v) is 13.9. The van der Waals surface area contributed by atoms with Gasteiger partial charge in [-0.25, -0.2) is 4.79 Å². The van der Waals surface area contributed by atoms with Gasteiger partial charge in [0, 0.05) is 13.0 Å². The number of nitrogens with one attached hydrogen (secondary N) is 2. The van der Waals surface area contributed by atoms with Crippen molar-refractivity contribution in [1.82, 2.24) is 10.2 Å². The number of rotatable bonds is 13. The molecule has 2 aromatic rings. The van der Waals surface area contributed by atoms with Gasteiger partial charge in [-0.3, -0.25) is 14.4 Å². The molecule has 4 N–H and O–H groups in total. The second-order valence-corrected chi connectivity index (χ2v) is 11.1. The van der Waals surface area contributed by atoms with E-state index in [1.54, 1.807) is 57.2 Å². The fourth-order valence-electron chi connectivity index (χ4n) is 4.18. The molecule has 0 heterocycles. The number of amides is 4. The van der Waals surface area contributed by atoms with Crippen molar-refractivity contribution in [3.8, 4) is 0 Å². The molecule has 0 radical (unpaired) electrons. The molecule has 40 heavy (non-hydrogen) atoms. The summed E-state index contributed by atoms with van der Waals surface area (Å²) in [5.41, 5.74) is 6.37. The van der Waals surface area contributed by atoms with Crippen molar-refractivity contribution in [2.75, 3.05) is 11.9 Å². The Bertz CT molecular complexity index is 1150. The predicted octanol–water partition coefficient (Wildman–Crippen LogP) is 5.51. The van der Waals surface area contributed by atoms with Gasteiger partial charge in [-0.2, -0.15) is 0 Å². The average Bonchev–Trinajstić information content (AvgIpc) is 2.87. The number of anilines is 1. The highest BCUT2D eigenvalue weighted by Gasteiger charge is 2.36. The van der Waals surface area contributed by atoms with Crippen LogP contribution in [0.15, 0.2) is 48.5 Å². The van der Waals surface area contributed by atoms with Gasteiger partial charge < -0.3 is 26.0 Å². The number of ether oxygens (including phenoxy) is 1. The topological polar surface area (TPSA) is 131 Å². The summed E-state index contributed by atoms with van der Waals surface area (Å²) >= 11 is 6.40. The van der Waals surface area contributed by atoms with E-state index in [0.717, 1.165) is 18.4 Å². The van der Waals surface area contributed by atoms with Gasteiger partial charge in [-0.15, -0.1) is 0 Å². The average molecular weight is 573 g/mol. The molecule has 0 fully saturated rings. The first-order valence-electron chi connectivity index (χ1n) is 13.5. The normalized spacial score (nSPS) is 12.7. The minimum atomic E-state index is -1.15. The summed E-state index contributed by atoms with van der Waals surface area (Å²) in [5, 5.41) is 5.88. The monoisotopic (exact) mass is 572 g/mol. The van der Waals surface area contributed by atoms with Crippen molar-refractivity contribution in [3.63, 3.8) is 0 Å². The molecular weight excluding hydrogens is 532 g/mol. The number of benzene rings is 2. The standard InChI is InChI=1S/C30H41ClN4O5/c1-6-7-11-19-35(28(38)23(17-18-24(32)36)33-29(39)40-30(3,4)5)26(21-14-9-8-10-15-21)27(37)34-25-20(2)13-12-16-22(25)31/h8-10,12-16,23,26H,6-7,11,17-19H2,1-5H3,(H2,32,36)(H,33,39)(H,34,37). The molecule has 0 saturated heterocycles. The molecule has 2 unspecified atom stereocenters. The maximum Gasteiger partial charge on any atom is 0.408 e. The van der Waals surface area contributed by atoms with E-state index < -0.39 is 41.5 Å². The van der Waals surface area contributed by atoms with Crippen LogP contribution in [0.3, 0.4) is 0 Å². The van der Waals surface area contributed by atoms with Crippen molar-refractivity contribution in [1.29, 1.82) is 0 Å². The smallest absolute Gasteiger partial charge is 0.408 e. The van der Waals surface area contributed by atoms with Gasteiger partial charge in [-0.1, -0.05) is 73.8 Å². The molecule has 0 spiro atoms. The number of aryl methyl sites for hydroxylation is 1. The van der Waals surface area contributed by atoms with Gasteiger partial charge in [0.1, 0.15) is 17.7 Å². The van der Waals surface area contributed by atoms with Gasteiger partial charge in [0.25, 0.3) is 5.91 Å². The minimum absolute atomic E-state index is 0.0512. The Balaban J connectivity index is 2.54. The highest BCUT2D eigenvalue weighted by Crippen LogP contribution is 2.30. The summed E-state index contributed by atoms with van der Waals surface area (Å²) < 4.78 is 5.37. The van der Waals surface area contributed by atoms with Crippen LogP contribution in [0.2, 0.25) is 5.02 Å². The Labute approximate surface area is 241 Å². The Morgan fingerprint density at radius 1 is 1.02 bits per heavy atom. The third kappa shape index (κ3) is 10.2. The lowest BCUT2D eigenvalue weighted by molar-refractivity contribution is -0.141. The Morgan fingerprint density at radius 2 is 1.70 bits per heavy atom. The Morgan fingerprint density at radius 3 is 2.27 bits per heavy atom. The van der Waals surface area contributed by atoms with E-state index in [-0.39, 0.29) is 19.4 Å². The number of hydrogen-bond acceptors (Lipinski definition) is 5. The Hall–Kier alpha value is -3.59. The molecular formula is C30H41ClN4O5. The summed E-state index contributed by atoms with van der Waals surface area (Å²) in [7, 11) is 0. The van der Waals surface area contributed by atoms with Crippen LogP contribution in [0.1, 0.15) is 77.0 Å². The number of nitrogens with two attached hydrogens (primary N) is 1. The van der Waals surface area contributed by atoms with Crippen LogP contribution < -0.4 is 16.4 Å². The molecule has 2 atom stereocenters. The zero-order valence-corrected chi connectivity index (χ0v) is 24.7. The van der Waals surface area contributed by atoms with Crippen LogP contribution in [-0.4, -0.2) is 46.9 Å². The lowest BCUT2D eigenvalue weighted by Crippen LogP contribution is -2.52. The number of unbranched alkanes of at least 4 members (excludes halogenated alkanes) is 2. The van der Waals surface area contributed by atoms with E-state index in [0.29, 0.717) is 22.7 Å². The van der Waals surface area contributed by atoms with Crippen molar-refractivity contribution in [3.05, 3.63) is 64.7 Å². The summed E-state index contributed by atoms with van der Waals surface area (Å²) in [6, 6.07) is 12.0. The highest BCUT2D eigenvalue weighted by molar-refractivity contribution is 6.34. The van der Waals surface area contributed by atoms with Crippen molar-refractivity contribution < 1.29 is 23.9 Å². The number of para-hydroxylation sites is 1. The summed E-state index contributed by atoms with van der Waals surface area (Å²) in [6.45, 7) is 9.22. The lowest BCUT2D eigenvalue weighted by atomic mass is 10.0. The third-order valence-corrected chi connectivity index (χ3v) is 6.41. The van der Waals surface area contributed by atoms with E-state index in [1.165, 1.54) is 4.90 Å². The molecule has 2 aromatic carbocycles. The first-order chi connectivity index (χ1) is 18.8. The molecule has 4 amide bonds. The van der Waals surface area contributed by atoms with Crippen LogP contribution in [0.4, 0.5) is 10.5 Å². The van der Waals surface area contributed by atoms with Gasteiger partial charge in [0.05, 0.1) is 10.7 Å². The maximum absolute atomic E-state index is 14.2. The van der Waals surface area contributed by atoms with Gasteiger partial charge >= 0.3 is 6.09 Å². The molecule has 2 rings (SSSR count). The zero-order valence-electron chi connectivity index (χ0n) is 24.0. The largest absolute Gasteiger partial charge is 0.444 e. The van der Waals surface area contributed by atoms with Crippen molar-refractivity contribution >= 4 is 41.1 Å². The molecule has 10 heteroatoms. The van der Waals surface area contributed by atoms with Gasteiger partial charge in [-0.05, 0) is 57.7 Å². The fourth-order valence-corrected chi connectivity index (χ4v) is 4.45. The van der Waals surface area contributed by atoms with Gasteiger partial charge in [0.2, 0.25) is 11.8 Å². The molecule has 0 aliphatic heterocycles. The van der Waals surface area contributed by atoms with Crippen LogP contribution in [0.25, 0.3) is 0 Å². The molecule has 0 aromatic heterocycles. The number of alkyl carbamates (subject to hydrolysis) is 1. The van der Waals surface area contributed by atoms with Crippen LogP contribution in [0, 0.1) is 6.92 Å². The number of primary amides is 1. The SMILES string of the molecule is CCCCCN(C(=O)C(CCC(N)=O)NC(=O)OC(C)(C)C)C(C(=O)Nc1c(C)cccc1Cl)c1ccccc1. The summed E-state index contributed by atoms with van der Waals surface area (Å²) in [4.78, 5) is 53.9. The second kappa shape index (κ2) is 15.3. The van der Waals surface area contributed by atoms with Crippen molar-refractivity contribution in [2.45, 2.75) is 84.4 Å². The second-order valence-electron chi connectivity index (χ2n) is 10.7. The number of carbonyl (C=O) groups excluding carboxylic acids is 4. The first kappa shape index (κ1) is 32.6. The molecule has 0 saturated carbocycles. The number of carbonyl (C=O) groups is 4. The quantitative estimate of drug-likeness (QED) is 0.273. The van der Waals surface area contributed by atoms with Gasteiger partial charge in [0.15, 0.2) is 0 Å². The maximum atomic E-state index is 14.2. The van der Waals surface area contributed by atoms with E-state index in [4.69, 9.17) is 22.1 Å². The van der Waals surface area contributed by atoms with Crippen molar-refractivity contribution in [2.24, 2.45) is 5.73 Å². The van der Waals surface area contributed by atoms with E-state index in [9.17, 15) is 19.2 Å². The highest BCUT2D eigenvalue weighted by atomic mass is 35.5. The molecule has 218 valence electrons. The fraction of sp³-hybridized carbons (Fsp3) is 0.467. The minimum Gasteiger partial charge on any atom is -0.444 e. The van der Waals surface area contributed by atoms with Crippen LogP contribution in [-0.2, 0) is 19.1 Å². The third-order valence-electron chi connectivity index (χ3n) is 6.10. The molecule has 9 nitrogen and oxygen atoms in total. The lowest BCUT2D eigenvalue weighted by Gasteiger charge is -2.34. The van der Waals surface area contributed by atoms with E-state index in [2.05, 4.69) is 10.6 Å². The summed E-state index contributed by atoms with van der Waals surface area (Å²) in [6.07, 6.45) is 1.34. The number of halogens is 1. The summed E-state index contributed by atoms with van der Waals surface area (Å²) in [5.74, 6) is -1.60. The van der Waals surface area contributed by atoms with Crippen LogP contribution >= 0.6 is 11.6 Å². The molecule has 0 bridgehead atoms. The zero-order chi connectivity index (χ0) is 29.9. The van der Waals surface area contributed by atoms with Crippen LogP contribution in [0.5, 0.6) is 0 Å². The molecule has 0 aliphatic carbocycles. The van der Waals surface area contributed by atoms with E-state index >= 15 is 0 Å². The number of nitrogens with zero attached hydrogens (tertiary/aromatic N) is 1. The molecule has 0 aliphatic rings. The number of hydrogen-bond donors (Lipinski definition) is 3. The predicted molar refractivity (Wildman–Crippen MR) is 157 cm³/mol.